The molecular weight excluding hydrogens is 330 g/mol. The fourth-order valence-electron chi connectivity index (χ4n) is 3.22. The molecule has 8 nitrogen and oxygen atoms in total. The molecule has 1 fully saturated rings. The van der Waals surface area contributed by atoms with E-state index in [0.29, 0.717) is 35.1 Å². The Morgan fingerprint density at radius 3 is 2.62 bits per heavy atom. The van der Waals surface area contributed by atoms with Crippen LogP contribution in [0.5, 0.6) is 0 Å². The van der Waals surface area contributed by atoms with Crippen LogP contribution in [0.2, 0.25) is 0 Å². The van der Waals surface area contributed by atoms with E-state index in [1.807, 2.05) is 6.07 Å². The Labute approximate surface area is 154 Å². The number of rotatable bonds is 5. The van der Waals surface area contributed by atoms with Crippen molar-refractivity contribution in [2.75, 3.05) is 41.9 Å². The van der Waals surface area contributed by atoms with Crippen LogP contribution in [0.1, 0.15) is 38.2 Å². The number of nitrogen functional groups attached to an aromatic ring is 2. The van der Waals surface area contributed by atoms with Crippen molar-refractivity contribution in [1.82, 2.24) is 15.0 Å². The van der Waals surface area contributed by atoms with Gasteiger partial charge >= 0.3 is 0 Å². The Hall–Kier alpha value is -2.61. The van der Waals surface area contributed by atoms with Gasteiger partial charge in [-0.15, -0.1) is 0 Å². The number of nitrogens with two attached hydrogens (primary N) is 2. The van der Waals surface area contributed by atoms with Crippen LogP contribution in [-0.2, 0) is 4.74 Å². The first-order valence-electron chi connectivity index (χ1n) is 8.91. The molecule has 0 saturated carbocycles. The van der Waals surface area contributed by atoms with Gasteiger partial charge in [-0.3, -0.25) is 0 Å². The lowest BCUT2D eigenvalue weighted by Crippen LogP contribution is -2.37. The van der Waals surface area contributed by atoms with Gasteiger partial charge in [0.25, 0.3) is 0 Å². The summed E-state index contributed by atoms with van der Waals surface area (Å²) >= 11 is 0. The predicted molar refractivity (Wildman–Crippen MR) is 105 cm³/mol. The average molecular weight is 357 g/mol. The molecule has 2 aromatic heterocycles. The summed E-state index contributed by atoms with van der Waals surface area (Å²) in [6.07, 6.45) is 5.60. The molecule has 0 spiro atoms. The maximum Gasteiger partial charge on any atom is 0.227 e. The lowest BCUT2D eigenvalue weighted by Gasteiger charge is -2.31. The zero-order valence-corrected chi connectivity index (χ0v) is 15.6. The number of pyridine rings is 1. The van der Waals surface area contributed by atoms with E-state index in [2.05, 4.69) is 39.0 Å². The fourth-order valence-corrected chi connectivity index (χ4v) is 3.22. The molecule has 0 aromatic carbocycles. The van der Waals surface area contributed by atoms with Gasteiger partial charge in [0.2, 0.25) is 5.95 Å². The molecule has 2 aromatic rings. The third kappa shape index (κ3) is 3.80. The van der Waals surface area contributed by atoms with E-state index in [4.69, 9.17) is 16.2 Å². The number of nitrogens with one attached hydrogen (secondary N) is 1. The molecule has 0 bridgehead atoms. The van der Waals surface area contributed by atoms with Crippen LogP contribution in [0.4, 0.5) is 29.0 Å². The van der Waals surface area contributed by atoms with Gasteiger partial charge in [-0.1, -0.05) is 13.8 Å². The first-order chi connectivity index (χ1) is 12.5. The molecule has 3 heterocycles. The molecule has 0 atom stereocenters. The topological polar surface area (TPSA) is 115 Å². The van der Waals surface area contributed by atoms with Crippen molar-refractivity contribution in [1.29, 1.82) is 0 Å². The molecule has 0 aliphatic carbocycles. The SMILES string of the molecule is COC1CCN(c2nccc(Nc3ncc(N)c(N)c3C(C)C)n2)CC1. The monoisotopic (exact) mass is 357 g/mol. The van der Waals surface area contributed by atoms with Gasteiger partial charge in [0.15, 0.2) is 0 Å². The van der Waals surface area contributed by atoms with Crippen molar-refractivity contribution in [3.8, 4) is 0 Å². The summed E-state index contributed by atoms with van der Waals surface area (Å²) in [5.41, 5.74) is 14.0. The summed E-state index contributed by atoms with van der Waals surface area (Å²) in [4.78, 5) is 15.6. The lowest BCUT2D eigenvalue weighted by molar-refractivity contribution is 0.0816. The van der Waals surface area contributed by atoms with Crippen LogP contribution < -0.4 is 21.7 Å². The number of hydrogen-bond acceptors (Lipinski definition) is 8. The minimum atomic E-state index is 0.183. The highest BCUT2D eigenvalue weighted by Gasteiger charge is 2.21. The highest BCUT2D eigenvalue weighted by atomic mass is 16.5. The molecule has 8 heteroatoms. The summed E-state index contributed by atoms with van der Waals surface area (Å²) in [7, 11) is 1.76. The second kappa shape index (κ2) is 7.74. The summed E-state index contributed by atoms with van der Waals surface area (Å²) in [5.74, 6) is 2.25. The quantitative estimate of drug-likeness (QED) is 0.747. The van der Waals surface area contributed by atoms with Crippen molar-refractivity contribution in [2.24, 2.45) is 0 Å². The Morgan fingerprint density at radius 2 is 1.96 bits per heavy atom. The molecule has 0 radical (unpaired) electrons. The van der Waals surface area contributed by atoms with E-state index in [0.717, 1.165) is 31.5 Å². The molecule has 5 N–H and O–H groups in total. The van der Waals surface area contributed by atoms with Gasteiger partial charge in [0.05, 0.1) is 23.7 Å². The summed E-state index contributed by atoms with van der Waals surface area (Å²) in [6.45, 7) is 5.88. The van der Waals surface area contributed by atoms with Gasteiger partial charge in [-0.05, 0) is 24.8 Å². The third-order valence-electron chi connectivity index (χ3n) is 4.71. The van der Waals surface area contributed by atoms with Crippen molar-refractivity contribution < 1.29 is 4.74 Å². The van der Waals surface area contributed by atoms with Crippen molar-refractivity contribution in [2.45, 2.75) is 38.7 Å². The second-order valence-corrected chi connectivity index (χ2v) is 6.83. The maximum atomic E-state index is 6.15. The largest absolute Gasteiger partial charge is 0.397 e. The highest BCUT2D eigenvalue weighted by Crippen LogP contribution is 2.33. The Kier molecular flexibility index (Phi) is 5.41. The van der Waals surface area contributed by atoms with Gasteiger partial charge in [0, 0.05) is 32.0 Å². The smallest absolute Gasteiger partial charge is 0.227 e. The minimum Gasteiger partial charge on any atom is -0.397 e. The molecule has 0 unspecified atom stereocenters. The minimum absolute atomic E-state index is 0.183. The normalized spacial score (nSPS) is 15.5. The molecule has 1 saturated heterocycles. The average Bonchev–Trinajstić information content (AvgIpc) is 2.65. The zero-order valence-electron chi connectivity index (χ0n) is 15.6. The van der Waals surface area contributed by atoms with E-state index in [-0.39, 0.29) is 5.92 Å². The molecular formula is C18H27N7O. The van der Waals surface area contributed by atoms with Gasteiger partial charge in [0.1, 0.15) is 11.6 Å². The molecule has 140 valence electrons. The summed E-state index contributed by atoms with van der Waals surface area (Å²) < 4.78 is 5.42. The van der Waals surface area contributed by atoms with Crippen LogP contribution >= 0.6 is 0 Å². The Bertz CT molecular complexity index is 757. The number of ether oxygens (including phenoxy) is 1. The molecule has 1 aliphatic rings. The lowest BCUT2D eigenvalue weighted by atomic mass is 10.0. The summed E-state index contributed by atoms with van der Waals surface area (Å²) in [5, 5.41) is 3.27. The predicted octanol–water partition coefficient (Wildman–Crippen LogP) is 2.52. The molecule has 3 rings (SSSR count). The number of nitrogens with zero attached hydrogens (tertiary/aromatic N) is 4. The van der Waals surface area contributed by atoms with E-state index >= 15 is 0 Å². The maximum absolute atomic E-state index is 6.15. The van der Waals surface area contributed by atoms with Crippen molar-refractivity contribution >= 4 is 29.0 Å². The van der Waals surface area contributed by atoms with E-state index in [1.54, 1.807) is 19.5 Å². The molecule has 0 amide bonds. The van der Waals surface area contributed by atoms with Crippen LogP contribution in [0, 0.1) is 0 Å². The van der Waals surface area contributed by atoms with Gasteiger partial charge in [-0.25, -0.2) is 9.97 Å². The van der Waals surface area contributed by atoms with E-state index in [1.165, 1.54) is 0 Å². The molecule has 26 heavy (non-hydrogen) atoms. The zero-order chi connectivity index (χ0) is 18.7. The van der Waals surface area contributed by atoms with Crippen LogP contribution in [0.3, 0.4) is 0 Å². The summed E-state index contributed by atoms with van der Waals surface area (Å²) in [6, 6.07) is 1.82. The number of anilines is 5. The number of hydrogen-bond donors (Lipinski definition) is 3. The van der Waals surface area contributed by atoms with Crippen LogP contribution in [-0.4, -0.2) is 41.3 Å². The van der Waals surface area contributed by atoms with Gasteiger partial charge in [-0.2, -0.15) is 4.98 Å². The Balaban J connectivity index is 1.81. The van der Waals surface area contributed by atoms with Crippen LogP contribution in [0.25, 0.3) is 0 Å². The van der Waals surface area contributed by atoms with Crippen molar-refractivity contribution in [3.63, 3.8) is 0 Å². The highest BCUT2D eigenvalue weighted by molar-refractivity contribution is 5.75. The Morgan fingerprint density at radius 1 is 1.23 bits per heavy atom. The first kappa shape index (κ1) is 18.2. The fraction of sp³-hybridized carbons (Fsp3) is 0.500. The standard InChI is InChI=1S/C18H27N7O/c1-11(2)15-16(20)13(19)10-22-17(15)23-14-4-7-21-18(24-14)25-8-5-12(26-3)6-9-25/h4,7,10-12H,5-6,8-9,19H2,1-3H3,(H3,20,21,22,23,24). The first-order valence-corrected chi connectivity index (χ1v) is 8.91. The second-order valence-electron chi connectivity index (χ2n) is 6.83. The third-order valence-corrected chi connectivity index (χ3v) is 4.71. The number of methoxy groups -OCH3 is 1. The van der Waals surface area contributed by atoms with Crippen LogP contribution in [0.15, 0.2) is 18.5 Å². The molecule has 1 aliphatic heterocycles. The van der Waals surface area contributed by atoms with Gasteiger partial charge < -0.3 is 26.4 Å². The van der Waals surface area contributed by atoms with Crippen molar-refractivity contribution in [3.05, 3.63) is 24.0 Å². The number of aromatic nitrogens is 3. The number of piperidine rings is 1. The van der Waals surface area contributed by atoms with E-state index < -0.39 is 0 Å². The van der Waals surface area contributed by atoms with E-state index in [9.17, 15) is 0 Å².